The highest BCUT2D eigenvalue weighted by atomic mass is 35.5. The van der Waals surface area contributed by atoms with Gasteiger partial charge in [0.15, 0.2) is 0 Å². The third-order valence-electron chi connectivity index (χ3n) is 6.89. The van der Waals surface area contributed by atoms with Crippen molar-refractivity contribution in [2.24, 2.45) is 5.92 Å². The molecule has 1 aliphatic heterocycles. The zero-order valence-electron chi connectivity index (χ0n) is 21.0. The van der Waals surface area contributed by atoms with Crippen LogP contribution in [0.4, 0.5) is 10.5 Å². The number of carbonyl (C=O) groups excluding carboxylic acids is 1. The Labute approximate surface area is 220 Å². The van der Waals surface area contributed by atoms with E-state index in [1.807, 2.05) is 53.4 Å². The lowest BCUT2D eigenvalue weighted by Crippen LogP contribution is -2.39. The van der Waals surface area contributed by atoms with Crippen LogP contribution in [0.5, 0.6) is 5.75 Å². The maximum absolute atomic E-state index is 13.2. The highest BCUT2D eigenvalue weighted by molar-refractivity contribution is 6.30. The van der Waals surface area contributed by atoms with Gasteiger partial charge >= 0.3 is 6.03 Å². The van der Waals surface area contributed by atoms with E-state index >= 15 is 0 Å². The number of rotatable bonds is 10. The highest BCUT2D eigenvalue weighted by Crippen LogP contribution is 2.22. The number of urea groups is 1. The van der Waals surface area contributed by atoms with E-state index in [1.54, 1.807) is 7.11 Å². The van der Waals surface area contributed by atoms with Crippen LogP contribution >= 0.6 is 11.6 Å². The number of likely N-dealkylation sites (tertiary alicyclic amines) is 1. The van der Waals surface area contributed by atoms with Gasteiger partial charge in [-0.05, 0) is 98.8 Å². The largest absolute Gasteiger partial charge is 0.497 e. The Morgan fingerprint density at radius 2 is 1.67 bits per heavy atom. The standard InChI is InChI=1S/C30H36ClN3O2/c1-36-29-14-12-28(13-15-29)32-30(35)34(23-26-8-10-27(31)11-9-26)19-5-18-33-20-16-25(17-21-33)22-24-6-3-2-4-7-24/h2-4,6-15,25H,5,16-23H2,1H3,(H,32,35). The van der Waals surface area contributed by atoms with Crippen molar-refractivity contribution in [2.45, 2.75) is 32.2 Å². The molecule has 0 unspecified atom stereocenters. The second kappa shape index (κ2) is 13.3. The van der Waals surface area contributed by atoms with Crippen LogP contribution in [0.3, 0.4) is 0 Å². The van der Waals surface area contributed by atoms with Crippen LogP contribution in [0, 0.1) is 5.92 Å². The number of ether oxygens (including phenoxy) is 1. The van der Waals surface area contributed by atoms with Crippen LogP contribution in [0.15, 0.2) is 78.9 Å². The molecule has 1 heterocycles. The maximum atomic E-state index is 13.2. The Balaban J connectivity index is 1.28. The molecule has 0 saturated carbocycles. The first kappa shape index (κ1) is 26.1. The second-order valence-corrected chi connectivity index (χ2v) is 9.97. The van der Waals surface area contributed by atoms with Gasteiger partial charge in [0.2, 0.25) is 0 Å². The third kappa shape index (κ3) is 8.00. The lowest BCUT2D eigenvalue weighted by atomic mass is 9.90. The Hall–Kier alpha value is -3.02. The number of nitrogens with one attached hydrogen (secondary N) is 1. The number of methoxy groups -OCH3 is 1. The minimum Gasteiger partial charge on any atom is -0.497 e. The molecule has 1 N–H and O–H groups in total. The number of hydrogen-bond acceptors (Lipinski definition) is 3. The van der Waals surface area contributed by atoms with Crippen molar-refractivity contribution in [3.05, 3.63) is 95.0 Å². The first-order valence-electron chi connectivity index (χ1n) is 12.8. The van der Waals surface area contributed by atoms with Gasteiger partial charge in [-0.25, -0.2) is 4.79 Å². The van der Waals surface area contributed by atoms with Gasteiger partial charge < -0.3 is 19.9 Å². The SMILES string of the molecule is COc1ccc(NC(=O)N(CCCN2CCC(Cc3ccccc3)CC2)Cc2ccc(Cl)cc2)cc1. The molecular formula is C30H36ClN3O2. The Bertz CT molecular complexity index is 1070. The molecule has 190 valence electrons. The fraction of sp³-hybridized carbons (Fsp3) is 0.367. The van der Waals surface area contributed by atoms with Crippen molar-refractivity contribution >= 4 is 23.3 Å². The molecule has 4 rings (SSSR count). The van der Waals surface area contributed by atoms with E-state index in [-0.39, 0.29) is 6.03 Å². The molecule has 0 bridgehead atoms. The van der Waals surface area contributed by atoms with Crippen LogP contribution < -0.4 is 10.1 Å². The summed E-state index contributed by atoms with van der Waals surface area (Å²) < 4.78 is 5.22. The van der Waals surface area contributed by atoms with Gasteiger partial charge in [0.05, 0.1) is 7.11 Å². The van der Waals surface area contributed by atoms with Crippen molar-refractivity contribution in [3.8, 4) is 5.75 Å². The number of benzene rings is 3. The van der Waals surface area contributed by atoms with Gasteiger partial charge in [-0.15, -0.1) is 0 Å². The summed E-state index contributed by atoms with van der Waals surface area (Å²) in [6.07, 6.45) is 4.59. The van der Waals surface area contributed by atoms with Crippen LogP contribution in [-0.2, 0) is 13.0 Å². The molecule has 1 saturated heterocycles. The van der Waals surface area contributed by atoms with E-state index in [0.29, 0.717) is 18.1 Å². The van der Waals surface area contributed by atoms with E-state index in [4.69, 9.17) is 16.3 Å². The maximum Gasteiger partial charge on any atom is 0.322 e. The molecular weight excluding hydrogens is 470 g/mol. The van der Waals surface area contributed by atoms with Crippen LogP contribution in [0.25, 0.3) is 0 Å². The van der Waals surface area contributed by atoms with Gasteiger partial charge in [0.25, 0.3) is 0 Å². The number of halogens is 1. The number of hydrogen-bond donors (Lipinski definition) is 1. The zero-order valence-corrected chi connectivity index (χ0v) is 21.8. The predicted octanol–water partition coefficient (Wildman–Crippen LogP) is 6.73. The summed E-state index contributed by atoms with van der Waals surface area (Å²) in [5.74, 6) is 1.53. The summed E-state index contributed by atoms with van der Waals surface area (Å²) in [5.41, 5.74) is 3.25. The summed E-state index contributed by atoms with van der Waals surface area (Å²) in [5, 5.41) is 3.73. The predicted molar refractivity (Wildman–Crippen MR) is 148 cm³/mol. The monoisotopic (exact) mass is 505 g/mol. The van der Waals surface area contributed by atoms with E-state index in [1.165, 1.54) is 24.8 Å². The number of nitrogens with zero attached hydrogens (tertiary/aromatic N) is 2. The minimum atomic E-state index is -0.100. The summed E-state index contributed by atoms with van der Waals surface area (Å²) in [6, 6.07) is 25.8. The number of carbonyl (C=O) groups is 1. The van der Waals surface area contributed by atoms with Crippen molar-refractivity contribution in [3.63, 3.8) is 0 Å². The smallest absolute Gasteiger partial charge is 0.322 e. The highest BCUT2D eigenvalue weighted by Gasteiger charge is 2.20. The molecule has 2 amide bonds. The van der Waals surface area contributed by atoms with Gasteiger partial charge in [0, 0.05) is 23.8 Å². The lowest BCUT2D eigenvalue weighted by molar-refractivity contribution is 0.170. The van der Waals surface area contributed by atoms with Gasteiger partial charge in [-0.3, -0.25) is 0 Å². The Morgan fingerprint density at radius 3 is 2.33 bits per heavy atom. The van der Waals surface area contributed by atoms with Crippen molar-refractivity contribution in [1.29, 1.82) is 0 Å². The van der Waals surface area contributed by atoms with Crippen molar-refractivity contribution < 1.29 is 9.53 Å². The number of amides is 2. The van der Waals surface area contributed by atoms with Crippen LogP contribution in [-0.4, -0.2) is 49.1 Å². The number of piperidine rings is 1. The molecule has 3 aromatic rings. The van der Waals surface area contributed by atoms with Gasteiger partial charge in [0.1, 0.15) is 5.75 Å². The van der Waals surface area contributed by atoms with E-state index < -0.39 is 0 Å². The summed E-state index contributed by atoms with van der Waals surface area (Å²) in [4.78, 5) is 17.6. The molecule has 36 heavy (non-hydrogen) atoms. The molecule has 0 aliphatic carbocycles. The number of anilines is 1. The molecule has 5 nitrogen and oxygen atoms in total. The first-order chi connectivity index (χ1) is 17.6. The normalized spacial score (nSPS) is 14.4. The second-order valence-electron chi connectivity index (χ2n) is 9.53. The minimum absolute atomic E-state index is 0.100. The first-order valence-corrected chi connectivity index (χ1v) is 13.2. The average molecular weight is 506 g/mol. The van der Waals surface area contributed by atoms with Gasteiger partial charge in [-0.2, -0.15) is 0 Å². The molecule has 6 heteroatoms. The molecule has 0 aromatic heterocycles. The lowest BCUT2D eigenvalue weighted by Gasteiger charge is -2.32. The van der Waals surface area contributed by atoms with Crippen molar-refractivity contribution in [2.75, 3.05) is 38.6 Å². The summed E-state index contributed by atoms with van der Waals surface area (Å²) in [6.45, 7) is 4.50. The van der Waals surface area contributed by atoms with Crippen LogP contribution in [0.2, 0.25) is 5.02 Å². The molecule has 0 atom stereocenters. The Morgan fingerprint density at radius 1 is 0.972 bits per heavy atom. The zero-order chi connectivity index (χ0) is 25.2. The molecule has 0 radical (unpaired) electrons. The molecule has 1 aliphatic rings. The van der Waals surface area contributed by atoms with E-state index in [9.17, 15) is 4.79 Å². The third-order valence-corrected chi connectivity index (χ3v) is 7.14. The topological polar surface area (TPSA) is 44.8 Å². The van der Waals surface area contributed by atoms with Gasteiger partial charge in [-0.1, -0.05) is 54.1 Å². The van der Waals surface area contributed by atoms with Crippen LogP contribution in [0.1, 0.15) is 30.4 Å². The van der Waals surface area contributed by atoms with E-state index in [2.05, 4.69) is 40.5 Å². The van der Waals surface area contributed by atoms with E-state index in [0.717, 1.165) is 49.0 Å². The molecule has 3 aromatic carbocycles. The molecule has 0 spiro atoms. The average Bonchev–Trinajstić information content (AvgIpc) is 2.91. The fourth-order valence-corrected chi connectivity index (χ4v) is 4.91. The Kier molecular flexibility index (Phi) is 9.65. The quantitative estimate of drug-likeness (QED) is 0.332. The summed E-state index contributed by atoms with van der Waals surface area (Å²) in [7, 11) is 1.63. The fourth-order valence-electron chi connectivity index (χ4n) is 4.79. The molecule has 1 fully saturated rings. The van der Waals surface area contributed by atoms with Crippen molar-refractivity contribution in [1.82, 2.24) is 9.80 Å². The summed E-state index contributed by atoms with van der Waals surface area (Å²) >= 11 is 6.06.